The lowest BCUT2D eigenvalue weighted by Crippen LogP contribution is -2.41. The lowest BCUT2D eigenvalue weighted by molar-refractivity contribution is 0.0917. The summed E-state index contributed by atoms with van der Waals surface area (Å²) in [5, 5.41) is 7.12. The van der Waals surface area contributed by atoms with E-state index in [0.29, 0.717) is 5.69 Å². The van der Waals surface area contributed by atoms with Gasteiger partial charge in [-0.15, -0.1) is 0 Å². The van der Waals surface area contributed by atoms with Crippen LogP contribution in [0.5, 0.6) is 0 Å². The van der Waals surface area contributed by atoms with Crippen LogP contribution in [0.2, 0.25) is 0 Å². The number of carbonyl (C=O) groups is 1. The highest BCUT2D eigenvalue weighted by Crippen LogP contribution is 2.24. The van der Waals surface area contributed by atoms with Gasteiger partial charge in [0.25, 0.3) is 5.91 Å². The second kappa shape index (κ2) is 5.26. The summed E-state index contributed by atoms with van der Waals surface area (Å²) in [6, 6.07) is 0.129. The molecule has 4 rings (SSSR count). The third-order valence-electron chi connectivity index (χ3n) is 4.61. The van der Waals surface area contributed by atoms with E-state index in [9.17, 15) is 4.79 Å². The van der Waals surface area contributed by atoms with Crippen LogP contribution in [-0.2, 0) is 25.8 Å². The first-order chi connectivity index (χ1) is 10.7. The van der Waals surface area contributed by atoms with Crippen molar-refractivity contribution in [2.75, 3.05) is 0 Å². The van der Waals surface area contributed by atoms with Gasteiger partial charge in [-0.05, 0) is 32.6 Å². The number of rotatable bonds is 2. The van der Waals surface area contributed by atoms with E-state index >= 15 is 0 Å². The minimum Gasteiger partial charge on any atom is -0.360 e. The van der Waals surface area contributed by atoms with Crippen molar-refractivity contribution in [3.63, 3.8) is 0 Å². The van der Waals surface area contributed by atoms with Gasteiger partial charge in [0.2, 0.25) is 0 Å². The van der Waals surface area contributed by atoms with E-state index in [2.05, 4.69) is 20.0 Å². The van der Waals surface area contributed by atoms with Crippen molar-refractivity contribution < 1.29 is 9.32 Å². The standard InChI is InChI=1S/C16H20N4O2/c1-10-8-20-9-11(6-7-14(20)17-10)18-16(21)15-12-4-2-3-5-13(12)22-19-15/h8,11H,2-7,9H2,1H3,(H,18,21). The molecule has 0 saturated carbocycles. The van der Waals surface area contributed by atoms with Crippen LogP contribution in [0, 0.1) is 6.92 Å². The molecule has 0 bridgehead atoms. The summed E-state index contributed by atoms with van der Waals surface area (Å²) in [4.78, 5) is 17.0. The normalized spacial score (nSPS) is 20.3. The maximum Gasteiger partial charge on any atom is 0.274 e. The first-order valence-electron chi connectivity index (χ1n) is 8.01. The van der Waals surface area contributed by atoms with Crippen LogP contribution in [0.4, 0.5) is 0 Å². The Kier molecular flexibility index (Phi) is 3.24. The molecule has 6 nitrogen and oxygen atoms in total. The van der Waals surface area contributed by atoms with Gasteiger partial charge in [-0.1, -0.05) is 5.16 Å². The number of imidazole rings is 1. The number of aromatic nitrogens is 3. The van der Waals surface area contributed by atoms with Gasteiger partial charge >= 0.3 is 0 Å². The minimum atomic E-state index is -0.0998. The van der Waals surface area contributed by atoms with E-state index < -0.39 is 0 Å². The Bertz CT molecular complexity index is 716. The maximum atomic E-state index is 12.5. The zero-order valence-electron chi connectivity index (χ0n) is 12.8. The maximum absolute atomic E-state index is 12.5. The largest absolute Gasteiger partial charge is 0.360 e. The molecule has 1 atom stereocenters. The van der Waals surface area contributed by atoms with Crippen LogP contribution < -0.4 is 5.32 Å². The lowest BCUT2D eigenvalue weighted by Gasteiger charge is -2.24. The Morgan fingerprint density at radius 2 is 2.23 bits per heavy atom. The topological polar surface area (TPSA) is 73.0 Å². The van der Waals surface area contributed by atoms with Gasteiger partial charge in [0, 0.05) is 37.2 Å². The molecule has 1 N–H and O–H groups in total. The molecular weight excluding hydrogens is 280 g/mol. The van der Waals surface area contributed by atoms with E-state index in [4.69, 9.17) is 4.52 Å². The number of hydrogen-bond donors (Lipinski definition) is 1. The summed E-state index contributed by atoms with van der Waals surface area (Å²) in [5.74, 6) is 1.91. The molecule has 2 aromatic heterocycles. The summed E-state index contributed by atoms with van der Waals surface area (Å²) in [6.07, 6.45) is 7.89. The van der Waals surface area contributed by atoms with Gasteiger partial charge in [0.05, 0.1) is 5.69 Å². The molecule has 1 aliphatic carbocycles. The van der Waals surface area contributed by atoms with E-state index in [1.54, 1.807) is 0 Å². The monoisotopic (exact) mass is 300 g/mol. The quantitative estimate of drug-likeness (QED) is 0.918. The van der Waals surface area contributed by atoms with Crippen molar-refractivity contribution in [3.05, 3.63) is 34.7 Å². The van der Waals surface area contributed by atoms with Gasteiger partial charge in [0.15, 0.2) is 5.69 Å². The molecule has 1 unspecified atom stereocenters. The number of amides is 1. The Labute approximate surface area is 128 Å². The number of aryl methyl sites for hydroxylation is 3. The average Bonchev–Trinajstić information content (AvgIpc) is 3.09. The molecule has 2 aromatic rings. The fourth-order valence-electron chi connectivity index (χ4n) is 3.52. The Morgan fingerprint density at radius 1 is 1.36 bits per heavy atom. The fraction of sp³-hybridized carbons (Fsp3) is 0.562. The third-order valence-corrected chi connectivity index (χ3v) is 4.61. The first kappa shape index (κ1) is 13.5. The van der Waals surface area contributed by atoms with Crippen molar-refractivity contribution in [2.45, 2.75) is 58.0 Å². The molecular formula is C16H20N4O2. The molecule has 1 aliphatic heterocycles. The molecule has 0 fully saturated rings. The molecule has 0 saturated heterocycles. The second-order valence-electron chi connectivity index (χ2n) is 6.30. The molecule has 0 radical (unpaired) electrons. The molecule has 116 valence electrons. The second-order valence-corrected chi connectivity index (χ2v) is 6.30. The number of carbonyl (C=O) groups excluding carboxylic acids is 1. The van der Waals surface area contributed by atoms with Gasteiger partial charge in [-0.2, -0.15) is 0 Å². The van der Waals surface area contributed by atoms with Crippen molar-refractivity contribution in [2.24, 2.45) is 0 Å². The van der Waals surface area contributed by atoms with Crippen molar-refractivity contribution >= 4 is 5.91 Å². The predicted octanol–water partition coefficient (Wildman–Crippen LogP) is 1.80. The molecule has 3 heterocycles. The van der Waals surface area contributed by atoms with E-state index in [1.807, 2.05) is 13.1 Å². The average molecular weight is 300 g/mol. The van der Waals surface area contributed by atoms with Crippen LogP contribution in [-0.4, -0.2) is 26.7 Å². The highest BCUT2D eigenvalue weighted by atomic mass is 16.5. The highest BCUT2D eigenvalue weighted by molar-refractivity contribution is 5.94. The van der Waals surface area contributed by atoms with Crippen LogP contribution in [0.1, 0.15) is 52.6 Å². The zero-order valence-corrected chi connectivity index (χ0v) is 12.8. The van der Waals surface area contributed by atoms with Crippen molar-refractivity contribution in [1.82, 2.24) is 20.0 Å². The van der Waals surface area contributed by atoms with E-state index in [0.717, 1.165) is 67.9 Å². The summed E-state index contributed by atoms with van der Waals surface area (Å²) in [7, 11) is 0. The first-order valence-corrected chi connectivity index (χ1v) is 8.01. The molecule has 0 spiro atoms. The van der Waals surface area contributed by atoms with Crippen molar-refractivity contribution in [1.29, 1.82) is 0 Å². The van der Waals surface area contributed by atoms with E-state index in [-0.39, 0.29) is 11.9 Å². The Balaban J connectivity index is 1.48. The lowest BCUT2D eigenvalue weighted by atomic mass is 9.96. The van der Waals surface area contributed by atoms with Gasteiger partial charge in [-0.25, -0.2) is 4.98 Å². The van der Waals surface area contributed by atoms with Gasteiger partial charge in [-0.3, -0.25) is 4.79 Å². The molecule has 1 amide bonds. The SMILES string of the molecule is Cc1cn2c(n1)CCC(NC(=O)c1noc3c1CCCC3)C2. The highest BCUT2D eigenvalue weighted by Gasteiger charge is 2.27. The Hall–Kier alpha value is -2.11. The zero-order chi connectivity index (χ0) is 15.1. The summed E-state index contributed by atoms with van der Waals surface area (Å²) in [5.41, 5.74) is 2.54. The van der Waals surface area contributed by atoms with Crippen LogP contribution in [0.3, 0.4) is 0 Å². The van der Waals surface area contributed by atoms with Gasteiger partial charge < -0.3 is 14.4 Å². The minimum absolute atomic E-state index is 0.0998. The predicted molar refractivity (Wildman–Crippen MR) is 79.7 cm³/mol. The number of hydrogen-bond acceptors (Lipinski definition) is 4. The molecule has 2 aliphatic rings. The summed E-state index contributed by atoms with van der Waals surface area (Å²) in [6.45, 7) is 2.78. The van der Waals surface area contributed by atoms with Crippen LogP contribution in [0.25, 0.3) is 0 Å². The number of nitrogens with one attached hydrogen (secondary N) is 1. The molecule has 6 heteroatoms. The molecule has 22 heavy (non-hydrogen) atoms. The van der Waals surface area contributed by atoms with E-state index in [1.165, 1.54) is 0 Å². The molecule has 0 aromatic carbocycles. The third kappa shape index (κ3) is 2.32. The summed E-state index contributed by atoms with van der Waals surface area (Å²) < 4.78 is 7.47. The Morgan fingerprint density at radius 3 is 3.14 bits per heavy atom. The number of nitrogens with zero attached hydrogens (tertiary/aromatic N) is 3. The van der Waals surface area contributed by atoms with Crippen molar-refractivity contribution in [3.8, 4) is 0 Å². The summed E-state index contributed by atoms with van der Waals surface area (Å²) >= 11 is 0. The fourth-order valence-corrected chi connectivity index (χ4v) is 3.52. The number of fused-ring (bicyclic) bond motifs is 2. The van der Waals surface area contributed by atoms with Crippen LogP contribution in [0.15, 0.2) is 10.7 Å². The van der Waals surface area contributed by atoms with Gasteiger partial charge in [0.1, 0.15) is 11.6 Å². The smallest absolute Gasteiger partial charge is 0.274 e. The van der Waals surface area contributed by atoms with Crippen LogP contribution >= 0.6 is 0 Å².